The average Bonchev–Trinajstić information content (AvgIpc) is 3.91. The molecule has 2 unspecified atom stereocenters. The number of benzene rings is 2. The molecule has 0 saturated carbocycles. The monoisotopic (exact) mass is 736 g/mol. The highest BCUT2D eigenvalue weighted by molar-refractivity contribution is 7.90. The van der Waals surface area contributed by atoms with E-state index in [1.807, 2.05) is 97.1 Å². The van der Waals surface area contributed by atoms with Crippen molar-refractivity contribution in [2.45, 2.75) is 24.4 Å². The lowest BCUT2D eigenvalue weighted by Crippen LogP contribution is -2.41. The Morgan fingerprint density at radius 2 is 1.38 bits per heavy atom. The molecular formula is C40H40N4O6S2. The van der Waals surface area contributed by atoms with Crippen LogP contribution in [-0.2, 0) is 25.2 Å². The third-order valence-corrected chi connectivity index (χ3v) is 11.0. The highest BCUT2D eigenvalue weighted by atomic mass is 32.2. The largest absolute Gasteiger partial charge is 0.494 e. The molecule has 2 atom stereocenters. The molecule has 0 aliphatic carbocycles. The summed E-state index contributed by atoms with van der Waals surface area (Å²) in [4.78, 5) is 13.5. The second-order valence-electron chi connectivity index (χ2n) is 13.3. The summed E-state index contributed by atoms with van der Waals surface area (Å²) < 4.78 is 58.7. The molecule has 12 heteroatoms. The van der Waals surface area contributed by atoms with Crippen molar-refractivity contribution in [2.75, 3.05) is 37.2 Å². The summed E-state index contributed by atoms with van der Waals surface area (Å²) in [6, 6.07) is 19.3. The third kappa shape index (κ3) is 8.70. The second-order valence-corrected chi connectivity index (χ2v) is 17.9. The van der Waals surface area contributed by atoms with Crippen molar-refractivity contribution in [3.63, 3.8) is 0 Å². The summed E-state index contributed by atoms with van der Waals surface area (Å²) in [5.41, 5.74) is 5.14. The quantitative estimate of drug-likeness (QED) is 0.212. The van der Waals surface area contributed by atoms with Crippen LogP contribution in [0.25, 0.3) is 17.7 Å². The standard InChI is InChI=1S/C40H40N4O6S2/c1-51(45,46)21-5-19-49-35-9-3-7-28(23-35)39-37-16-15-33(43-37)26-31-12-11-30(41-31)25-32-13-14-34(42-32)27-40(18-17-38(39)44-40)29-8-4-10-36(24-29)50-20-6-22-52(2,47)48/h3-4,7-18,23-27,38,41,44H,5-6,19-22H2,1-2H3. The minimum absolute atomic E-state index is 0.0585. The number of H-pyrrole nitrogens is 1. The van der Waals surface area contributed by atoms with Crippen molar-refractivity contribution in [3.8, 4) is 11.5 Å². The van der Waals surface area contributed by atoms with Crippen LogP contribution in [-0.4, -0.2) is 76.5 Å². The van der Waals surface area contributed by atoms with Crippen molar-refractivity contribution in [2.24, 2.45) is 9.98 Å². The Bertz CT molecular complexity index is 2470. The number of nitrogens with one attached hydrogen (secondary N) is 2. The molecule has 0 radical (unpaired) electrons. The van der Waals surface area contributed by atoms with Crippen molar-refractivity contribution >= 4 is 48.8 Å². The van der Waals surface area contributed by atoms with E-state index in [2.05, 4.69) is 28.5 Å². The van der Waals surface area contributed by atoms with E-state index in [1.54, 1.807) is 0 Å². The Morgan fingerprint density at radius 3 is 2.08 bits per heavy atom. The Morgan fingerprint density at radius 1 is 0.750 bits per heavy atom. The van der Waals surface area contributed by atoms with Crippen molar-refractivity contribution in [1.82, 2.24) is 10.3 Å². The predicted octanol–water partition coefficient (Wildman–Crippen LogP) is 3.96. The van der Waals surface area contributed by atoms with Gasteiger partial charge in [-0.1, -0.05) is 36.4 Å². The van der Waals surface area contributed by atoms with Gasteiger partial charge in [-0.25, -0.2) is 26.8 Å². The first-order chi connectivity index (χ1) is 24.9. The van der Waals surface area contributed by atoms with E-state index >= 15 is 0 Å². The van der Waals surface area contributed by atoms with Crippen LogP contribution in [0.2, 0.25) is 0 Å². The smallest absolute Gasteiger partial charge is 0.147 e. The van der Waals surface area contributed by atoms with Gasteiger partial charge >= 0.3 is 0 Å². The molecule has 0 amide bonds. The van der Waals surface area contributed by atoms with Gasteiger partial charge in [0, 0.05) is 28.8 Å². The molecule has 1 aromatic heterocycles. The zero-order valence-corrected chi connectivity index (χ0v) is 30.6. The fourth-order valence-electron chi connectivity index (χ4n) is 6.54. The van der Waals surface area contributed by atoms with Gasteiger partial charge < -0.3 is 14.5 Å². The molecule has 10 nitrogen and oxygen atoms in total. The fraction of sp³-hybridized carbons (Fsp3) is 0.250. The minimum atomic E-state index is -3.08. The number of ether oxygens (including phenoxy) is 2. The SMILES string of the molecule is CS(=O)(=O)CCCOc1cccc(C2=C3C=CC(=N3)C=c3ccc([nH]3)=CC3=NC(=CC4(c5cccc(OCCCS(C)(=O)=O)c5)C=CC2N4)C=C3)c1. The number of nitrogens with zero attached hydrogens (tertiary/aromatic N) is 2. The predicted molar refractivity (Wildman–Crippen MR) is 207 cm³/mol. The normalized spacial score (nSPS) is 20.7. The summed E-state index contributed by atoms with van der Waals surface area (Å²) in [5.74, 6) is 1.38. The first-order valence-electron chi connectivity index (χ1n) is 17.1. The number of hydrogen-bond acceptors (Lipinski definition) is 9. The van der Waals surface area contributed by atoms with E-state index < -0.39 is 25.2 Å². The molecular weight excluding hydrogens is 697 g/mol. The van der Waals surface area contributed by atoms with Crippen LogP contribution in [0.4, 0.5) is 0 Å². The molecule has 0 spiro atoms. The zero-order chi connectivity index (χ0) is 36.3. The fourth-order valence-corrected chi connectivity index (χ4v) is 7.83. The first kappa shape index (κ1) is 35.4. The minimum Gasteiger partial charge on any atom is -0.494 e. The number of rotatable bonds is 12. The van der Waals surface area contributed by atoms with Crippen molar-refractivity contribution in [1.29, 1.82) is 0 Å². The van der Waals surface area contributed by atoms with Crippen LogP contribution >= 0.6 is 0 Å². The maximum Gasteiger partial charge on any atom is 0.147 e. The Hall–Kier alpha value is -5.04. The van der Waals surface area contributed by atoms with Crippen LogP contribution in [0.3, 0.4) is 0 Å². The van der Waals surface area contributed by atoms with E-state index in [1.165, 1.54) is 12.5 Å². The van der Waals surface area contributed by atoms with Gasteiger partial charge in [-0.2, -0.15) is 0 Å². The average molecular weight is 737 g/mol. The summed E-state index contributed by atoms with van der Waals surface area (Å²) in [5, 5.41) is 5.74. The summed E-state index contributed by atoms with van der Waals surface area (Å²) in [7, 11) is -6.17. The topological polar surface area (TPSA) is 139 Å². The molecule has 4 aliphatic rings. The van der Waals surface area contributed by atoms with Crippen LogP contribution in [0.15, 0.2) is 125 Å². The highest BCUT2D eigenvalue weighted by Gasteiger charge is 2.37. The number of hydrogen-bond donors (Lipinski definition) is 2. The van der Waals surface area contributed by atoms with E-state index in [9.17, 15) is 16.8 Å². The number of aliphatic imine (C=N–C) groups is 2. The van der Waals surface area contributed by atoms with Gasteiger partial charge in [0.2, 0.25) is 0 Å². The van der Waals surface area contributed by atoms with Crippen molar-refractivity contribution in [3.05, 3.63) is 136 Å². The molecule has 2 aromatic carbocycles. The van der Waals surface area contributed by atoms with Crippen LogP contribution in [0, 0.1) is 0 Å². The molecule has 7 rings (SSSR count). The lowest BCUT2D eigenvalue weighted by Gasteiger charge is -2.30. The van der Waals surface area contributed by atoms with Gasteiger partial charge in [-0.15, -0.1) is 0 Å². The van der Waals surface area contributed by atoms with Gasteiger partial charge in [0.15, 0.2) is 0 Å². The highest BCUT2D eigenvalue weighted by Crippen LogP contribution is 2.39. The van der Waals surface area contributed by atoms with Gasteiger partial charge in [0.1, 0.15) is 31.2 Å². The van der Waals surface area contributed by atoms with Gasteiger partial charge in [-0.3, -0.25) is 5.32 Å². The Kier molecular flexibility index (Phi) is 9.88. The van der Waals surface area contributed by atoms with E-state index in [0.29, 0.717) is 24.3 Å². The molecule has 4 aliphatic heterocycles. The summed E-state index contributed by atoms with van der Waals surface area (Å²) >= 11 is 0. The number of aromatic amines is 1. The summed E-state index contributed by atoms with van der Waals surface area (Å²) in [6.07, 6.45) is 21.6. The lowest BCUT2D eigenvalue weighted by atomic mass is 9.89. The molecule has 0 saturated heterocycles. The van der Waals surface area contributed by atoms with Gasteiger partial charge in [0.25, 0.3) is 0 Å². The number of sulfone groups is 2. The third-order valence-electron chi connectivity index (χ3n) is 8.90. The molecule has 3 aromatic rings. The molecule has 8 bridgehead atoms. The second kappa shape index (κ2) is 14.5. The van der Waals surface area contributed by atoms with Crippen LogP contribution in [0.5, 0.6) is 11.5 Å². The van der Waals surface area contributed by atoms with Gasteiger partial charge in [-0.05, 0) is 103 Å². The molecule has 0 fully saturated rings. The molecule has 52 heavy (non-hydrogen) atoms. The maximum atomic E-state index is 11.7. The van der Waals surface area contributed by atoms with Crippen LogP contribution in [0.1, 0.15) is 24.0 Å². The number of aromatic nitrogens is 1. The van der Waals surface area contributed by atoms with Crippen LogP contribution < -0.4 is 25.5 Å². The van der Waals surface area contributed by atoms with E-state index in [-0.39, 0.29) is 30.8 Å². The van der Waals surface area contributed by atoms with Crippen molar-refractivity contribution < 1.29 is 26.3 Å². The lowest BCUT2D eigenvalue weighted by molar-refractivity contribution is 0.317. The molecule has 5 heterocycles. The Balaban J connectivity index is 1.30. The molecule has 2 N–H and O–H groups in total. The maximum absolute atomic E-state index is 11.7. The van der Waals surface area contributed by atoms with E-state index in [0.717, 1.165) is 50.2 Å². The number of allylic oxidation sites excluding steroid dienone is 4. The van der Waals surface area contributed by atoms with E-state index in [4.69, 9.17) is 19.5 Å². The van der Waals surface area contributed by atoms with Gasteiger partial charge in [0.05, 0.1) is 59.1 Å². The number of fused-ring (bicyclic) bond motifs is 6. The Labute approximate surface area is 303 Å². The first-order valence-corrected chi connectivity index (χ1v) is 21.2. The zero-order valence-electron chi connectivity index (χ0n) is 29.0. The molecule has 268 valence electrons. The summed E-state index contributed by atoms with van der Waals surface area (Å²) in [6.45, 7) is 0.548.